The molecule has 2 heterocycles. The molecule has 2 amide bonds. The molecular weight excluding hydrogens is 324 g/mol. The highest BCUT2D eigenvalue weighted by molar-refractivity contribution is 9.10. The Morgan fingerprint density at radius 3 is 2.60 bits per heavy atom. The summed E-state index contributed by atoms with van der Waals surface area (Å²) in [6.45, 7) is 8.46. The SMILES string of the molecule is CCn1nc(C)c(Br)c1CN1C(=O)C(C)NC(=O)C1C. The van der Waals surface area contributed by atoms with E-state index in [9.17, 15) is 9.59 Å². The van der Waals surface area contributed by atoms with Crippen LogP contribution in [0, 0.1) is 6.92 Å². The van der Waals surface area contributed by atoms with E-state index in [0.717, 1.165) is 22.4 Å². The number of hydrogen-bond acceptors (Lipinski definition) is 3. The standard InChI is InChI=1S/C13H19BrN4O2/c1-5-18-10(11(14)7(2)16-18)6-17-9(4)12(19)15-8(3)13(17)20/h8-9H,5-6H2,1-4H3,(H,15,19). The molecule has 0 bridgehead atoms. The van der Waals surface area contributed by atoms with E-state index in [1.807, 2.05) is 18.5 Å². The summed E-state index contributed by atoms with van der Waals surface area (Å²) < 4.78 is 2.76. The predicted molar refractivity (Wildman–Crippen MR) is 78.0 cm³/mol. The van der Waals surface area contributed by atoms with Crippen molar-refractivity contribution in [2.24, 2.45) is 0 Å². The van der Waals surface area contributed by atoms with Gasteiger partial charge in [-0.25, -0.2) is 0 Å². The summed E-state index contributed by atoms with van der Waals surface area (Å²) in [6, 6.07) is -0.942. The van der Waals surface area contributed by atoms with Crippen LogP contribution in [0.2, 0.25) is 0 Å². The molecule has 2 rings (SSSR count). The number of carbonyl (C=O) groups excluding carboxylic acids is 2. The van der Waals surface area contributed by atoms with Crippen molar-refractivity contribution in [3.8, 4) is 0 Å². The molecule has 1 aromatic heterocycles. The van der Waals surface area contributed by atoms with E-state index in [0.29, 0.717) is 6.54 Å². The monoisotopic (exact) mass is 342 g/mol. The third kappa shape index (κ3) is 2.46. The molecule has 6 nitrogen and oxygen atoms in total. The van der Waals surface area contributed by atoms with E-state index < -0.39 is 12.1 Å². The minimum absolute atomic E-state index is 0.0643. The Morgan fingerprint density at radius 2 is 2.00 bits per heavy atom. The first-order valence-corrected chi connectivity index (χ1v) is 7.48. The second kappa shape index (κ2) is 5.55. The molecule has 1 N–H and O–H groups in total. The molecule has 1 aliphatic rings. The number of nitrogens with zero attached hydrogens (tertiary/aromatic N) is 3. The summed E-state index contributed by atoms with van der Waals surface area (Å²) in [5, 5.41) is 7.09. The predicted octanol–water partition coefficient (Wildman–Crippen LogP) is 1.21. The number of amides is 2. The minimum atomic E-state index is -0.475. The van der Waals surface area contributed by atoms with Crippen LogP contribution in [0.15, 0.2) is 4.47 Å². The van der Waals surface area contributed by atoms with Crippen LogP contribution in [0.4, 0.5) is 0 Å². The fourth-order valence-corrected chi connectivity index (χ4v) is 2.78. The van der Waals surface area contributed by atoms with Crippen molar-refractivity contribution in [1.29, 1.82) is 0 Å². The number of piperazine rings is 1. The molecule has 0 spiro atoms. The van der Waals surface area contributed by atoms with Crippen molar-refractivity contribution in [3.63, 3.8) is 0 Å². The summed E-state index contributed by atoms with van der Waals surface area (Å²) in [5.74, 6) is -0.182. The molecule has 1 saturated heterocycles. The zero-order chi connectivity index (χ0) is 15.0. The molecule has 110 valence electrons. The zero-order valence-corrected chi connectivity index (χ0v) is 13.7. The van der Waals surface area contributed by atoms with Gasteiger partial charge in [-0.2, -0.15) is 5.10 Å². The highest BCUT2D eigenvalue weighted by Crippen LogP contribution is 2.24. The Morgan fingerprint density at radius 1 is 1.35 bits per heavy atom. The van der Waals surface area contributed by atoms with Gasteiger partial charge in [0.2, 0.25) is 11.8 Å². The van der Waals surface area contributed by atoms with Crippen molar-refractivity contribution < 1.29 is 9.59 Å². The minimum Gasteiger partial charge on any atom is -0.343 e. The van der Waals surface area contributed by atoms with Gasteiger partial charge in [0.25, 0.3) is 0 Å². The molecule has 0 saturated carbocycles. The van der Waals surface area contributed by atoms with Gasteiger partial charge >= 0.3 is 0 Å². The number of rotatable bonds is 3. The number of nitrogens with one attached hydrogen (secondary N) is 1. The summed E-state index contributed by atoms with van der Waals surface area (Å²) in [4.78, 5) is 25.7. The largest absolute Gasteiger partial charge is 0.343 e. The van der Waals surface area contributed by atoms with Crippen molar-refractivity contribution in [1.82, 2.24) is 20.0 Å². The average Bonchev–Trinajstić information content (AvgIpc) is 2.68. The summed E-state index contributed by atoms with van der Waals surface area (Å²) in [6.07, 6.45) is 0. The lowest BCUT2D eigenvalue weighted by Crippen LogP contribution is -2.61. The van der Waals surface area contributed by atoms with Gasteiger partial charge in [0.1, 0.15) is 12.1 Å². The van der Waals surface area contributed by atoms with E-state index in [4.69, 9.17) is 0 Å². The molecular formula is C13H19BrN4O2. The Balaban J connectivity index is 2.32. The molecule has 0 radical (unpaired) electrons. The third-order valence-electron chi connectivity index (χ3n) is 3.63. The van der Waals surface area contributed by atoms with Crippen LogP contribution in [0.25, 0.3) is 0 Å². The Bertz CT molecular complexity index is 555. The first-order valence-electron chi connectivity index (χ1n) is 6.69. The van der Waals surface area contributed by atoms with E-state index in [1.54, 1.807) is 18.7 Å². The quantitative estimate of drug-likeness (QED) is 0.897. The number of hydrogen-bond donors (Lipinski definition) is 1. The summed E-state index contributed by atoms with van der Waals surface area (Å²) in [5.41, 5.74) is 1.81. The van der Waals surface area contributed by atoms with Crippen LogP contribution in [0.3, 0.4) is 0 Å². The highest BCUT2D eigenvalue weighted by atomic mass is 79.9. The average molecular weight is 343 g/mol. The highest BCUT2D eigenvalue weighted by Gasteiger charge is 2.36. The number of aromatic nitrogens is 2. The van der Waals surface area contributed by atoms with Crippen LogP contribution in [0.5, 0.6) is 0 Å². The molecule has 1 aromatic rings. The molecule has 20 heavy (non-hydrogen) atoms. The van der Waals surface area contributed by atoms with Crippen LogP contribution < -0.4 is 5.32 Å². The van der Waals surface area contributed by atoms with Crippen LogP contribution in [-0.4, -0.2) is 38.6 Å². The Hall–Kier alpha value is -1.37. The number of aryl methyl sites for hydroxylation is 2. The summed E-state index contributed by atoms with van der Waals surface area (Å²) in [7, 11) is 0. The van der Waals surface area contributed by atoms with E-state index in [-0.39, 0.29) is 11.8 Å². The molecule has 2 atom stereocenters. The van der Waals surface area contributed by atoms with E-state index in [1.165, 1.54) is 0 Å². The smallest absolute Gasteiger partial charge is 0.245 e. The molecule has 2 unspecified atom stereocenters. The van der Waals surface area contributed by atoms with Crippen molar-refractivity contribution in [3.05, 3.63) is 15.9 Å². The molecule has 0 aromatic carbocycles. The third-order valence-corrected chi connectivity index (χ3v) is 4.66. The second-order valence-electron chi connectivity index (χ2n) is 5.03. The van der Waals surface area contributed by atoms with Gasteiger partial charge < -0.3 is 10.2 Å². The van der Waals surface area contributed by atoms with Gasteiger partial charge in [0.05, 0.1) is 22.4 Å². The Labute approximate surface area is 126 Å². The molecule has 0 aliphatic carbocycles. The van der Waals surface area contributed by atoms with Crippen molar-refractivity contribution in [2.75, 3.05) is 0 Å². The first-order chi connectivity index (χ1) is 9.36. The fourth-order valence-electron chi connectivity index (χ4n) is 2.37. The van der Waals surface area contributed by atoms with Crippen LogP contribution >= 0.6 is 15.9 Å². The molecule has 1 aliphatic heterocycles. The van der Waals surface area contributed by atoms with Gasteiger partial charge in [0, 0.05) is 6.54 Å². The lowest BCUT2D eigenvalue weighted by atomic mass is 10.1. The maximum absolute atomic E-state index is 12.3. The van der Waals surface area contributed by atoms with Crippen molar-refractivity contribution >= 4 is 27.7 Å². The summed E-state index contributed by atoms with van der Waals surface area (Å²) >= 11 is 3.52. The number of carbonyl (C=O) groups is 2. The number of halogens is 1. The van der Waals surface area contributed by atoms with Gasteiger partial charge in [-0.15, -0.1) is 0 Å². The van der Waals surface area contributed by atoms with Crippen LogP contribution in [-0.2, 0) is 22.7 Å². The van der Waals surface area contributed by atoms with Gasteiger partial charge in [-0.3, -0.25) is 14.3 Å². The Kier molecular flexibility index (Phi) is 4.17. The molecule has 7 heteroatoms. The second-order valence-corrected chi connectivity index (χ2v) is 5.83. The first kappa shape index (κ1) is 15.0. The zero-order valence-electron chi connectivity index (χ0n) is 12.1. The maximum atomic E-state index is 12.3. The van der Waals surface area contributed by atoms with Gasteiger partial charge in [0.15, 0.2) is 0 Å². The maximum Gasteiger partial charge on any atom is 0.245 e. The van der Waals surface area contributed by atoms with Gasteiger partial charge in [-0.05, 0) is 43.6 Å². The normalized spacial score (nSPS) is 23.1. The lowest BCUT2D eigenvalue weighted by Gasteiger charge is -2.36. The van der Waals surface area contributed by atoms with Crippen molar-refractivity contribution in [2.45, 2.75) is 52.9 Å². The van der Waals surface area contributed by atoms with E-state index >= 15 is 0 Å². The van der Waals surface area contributed by atoms with Gasteiger partial charge in [-0.1, -0.05) is 0 Å². The van der Waals surface area contributed by atoms with Crippen LogP contribution in [0.1, 0.15) is 32.2 Å². The van der Waals surface area contributed by atoms with E-state index in [2.05, 4.69) is 26.3 Å². The molecule has 1 fully saturated rings. The lowest BCUT2D eigenvalue weighted by molar-refractivity contribution is -0.148. The topological polar surface area (TPSA) is 67.2 Å². The fraction of sp³-hybridized carbons (Fsp3) is 0.615.